The summed E-state index contributed by atoms with van der Waals surface area (Å²) in [4.78, 5) is 27.9. The maximum atomic E-state index is 13.8. The predicted octanol–water partition coefficient (Wildman–Crippen LogP) is 3.30. The molecule has 1 aromatic carbocycles. The van der Waals surface area contributed by atoms with E-state index >= 15 is 0 Å². The van der Waals surface area contributed by atoms with Crippen LogP contribution in [0.2, 0.25) is 0 Å². The number of pyridine rings is 1. The lowest BCUT2D eigenvalue weighted by atomic mass is 10.1. The van der Waals surface area contributed by atoms with Gasteiger partial charge in [0.2, 0.25) is 0 Å². The fourth-order valence-corrected chi connectivity index (χ4v) is 5.55. The number of carbonyl (C=O) groups excluding carboxylic acids is 1. The minimum atomic E-state index is 0.154. The molecule has 1 aromatic heterocycles. The fourth-order valence-electron chi connectivity index (χ4n) is 5.55. The molecule has 0 saturated carbocycles. The van der Waals surface area contributed by atoms with Crippen LogP contribution in [0.4, 0.5) is 11.6 Å². The molecule has 1 amide bonds. The maximum Gasteiger partial charge on any atom is 0.254 e. The Balaban J connectivity index is 1.36. The van der Waals surface area contributed by atoms with E-state index in [4.69, 9.17) is 9.72 Å². The van der Waals surface area contributed by atoms with Crippen molar-refractivity contribution in [3.05, 3.63) is 53.6 Å². The third kappa shape index (κ3) is 5.96. The van der Waals surface area contributed by atoms with Crippen molar-refractivity contribution in [2.45, 2.75) is 38.1 Å². The average molecular weight is 478 g/mol. The molecule has 0 bridgehead atoms. The van der Waals surface area contributed by atoms with Crippen molar-refractivity contribution in [2.24, 2.45) is 0 Å². The summed E-state index contributed by atoms with van der Waals surface area (Å²) in [7, 11) is 2.08. The number of carbonyl (C=O) groups is 1. The number of amides is 1. The van der Waals surface area contributed by atoms with Crippen molar-refractivity contribution in [2.75, 3.05) is 75.9 Å². The maximum absolute atomic E-state index is 13.8. The van der Waals surface area contributed by atoms with E-state index in [9.17, 15) is 4.79 Å². The first kappa shape index (κ1) is 24.1. The van der Waals surface area contributed by atoms with Crippen molar-refractivity contribution >= 4 is 17.5 Å². The molecule has 5 rings (SSSR count). The Morgan fingerprint density at radius 1 is 1.03 bits per heavy atom. The molecule has 7 nitrogen and oxygen atoms in total. The molecule has 1 atom stereocenters. The van der Waals surface area contributed by atoms with Gasteiger partial charge in [0.15, 0.2) is 0 Å². The van der Waals surface area contributed by atoms with Gasteiger partial charge in [0.1, 0.15) is 11.6 Å². The molecular formula is C28H39N5O2. The number of hydrogen-bond donors (Lipinski definition) is 0. The Labute approximate surface area is 209 Å². The van der Waals surface area contributed by atoms with Crippen molar-refractivity contribution < 1.29 is 9.53 Å². The van der Waals surface area contributed by atoms with Gasteiger partial charge in [0.05, 0.1) is 13.2 Å². The van der Waals surface area contributed by atoms with E-state index in [0.717, 1.165) is 69.2 Å². The number of anilines is 2. The van der Waals surface area contributed by atoms with Crippen LogP contribution in [-0.2, 0) is 11.2 Å². The van der Waals surface area contributed by atoms with Gasteiger partial charge in [-0.1, -0.05) is 30.3 Å². The summed E-state index contributed by atoms with van der Waals surface area (Å²) in [6.07, 6.45) is 5.70. The van der Waals surface area contributed by atoms with Crippen molar-refractivity contribution in [1.82, 2.24) is 14.8 Å². The Kier molecular flexibility index (Phi) is 7.84. The molecule has 7 heteroatoms. The zero-order chi connectivity index (χ0) is 24.0. The molecule has 0 radical (unpaired) electrons. The van der Waals surface area contributed by atoms with Crippen LogP contribution in [0, 0.1) is 0 Å². The van der Waals surface area contributed by atoms with Gasteiger partial charge in [-0.2, -0.15) is 0 Å². The highest BCUT2D eigenvalue weighted by Crippen LogP contribution is 2.27. The van der Waals surface area contributed by atoms with Gasteiger partial charge in [-0.3, -0.25) is 4.79 Å². The minimum Gasteiger partial charge on any atom is -0.378 e. The van der Waals surface area contributed by atoms with Crippen LogP contribution in [0.25, 0.3) is 0 Å². The lowest BCUT2D eigenvalue weighted by molar-refractivity contribution is 0.0708. The summed E-state index contributed by atoms with van der Waals surface area (Å²) >= 11 is 0. The SMILES string of the molecule is CN(CCc1ccccc1)c1cc(C(=O)N2CCC[C@H]2CN2CCCC2)cc(N2CCOCC2)n1. The van der Waals surface area contributed by atoms with E-state index in [1.165, 1.54) is 31.5 Å². The lowest BCUT2D eigenvalue weighted by Gasteiger charge is -2.31. The monoisotopic (exact) mass is 477 g/mol. The number of rotatable bonds is 8. The lowest BCUT2D eigenvalue weighted by Crippen LogP contribution is -2.43. The van der Waals surface area contributed by atoms with Gasteiger partial charge in [-0.05, 0) is 62.9 Å². The third-order valence-electron chi connectivity index (χ3n) is 7.66. The van der Waals surface area contributed by atoms with E-state index < -0.39 is 0 Å². The molecule has 0 spiro atoms. The molecule has 2 aromatic rings. The second kappa shape index (κ2) is 11.4. The first-order chi connectivity index (χ1) is 17.2. The quantitative estimate of drug-likeness (QED) is 0.582. The summed E-state index contributed by atoms with van der Waals surface area (Å²) in [6, 6.07) is 14.9. The number of morpholine rings is 1. The van der Waals surface area contributed by atoms with Crippen LogP contribution >= 0.6 is 0 Å². The number of hydrogen-bond acceptors (Lipinski definition) is 6. The highest BCUT2D eigenvalue weighted by Gasteiger charge is 2.32. The molecule has 35 heavy (non-hydrogen) atoms. The molecule has 3 saturated heterocycles. The van der Waals surface area contributed by atoms with Crippen LogP contribution in [-0.4, -0.2) is 92.8 Å². The largest absolute Gasteiger partial charge is 0.378 e. The Morgan fingerprint density at radius 2 is 1.80 bits per heavy atom. The fraction of sp³-hybridized carbons (Fsp3) is 0.571. The van der Waals surface area contributed by atoms with Crippen LogP contribution in [0.3, 0.4) is 0 Å². The van der Waals surface area contributed by atoms with E-state index in [2.05, 4.69) is 50.9 Å². The zero-order valence-corrected chi connectivity index (χ0v) is 21.1. The summed E-state index contributed by atoms with van der Waals surface area (Å²) in [5.74, 6) is 1.90. The Bertz CT molecular complexity index is 973. The molecule has 0 unspecified atom stereocenters. The molecule has 0 aliphatic carbocycles. The van der Waals surface area contributed by atoms with Gasteiger partial charge in [0, 0.05) is 51.4 Å². The third-order valence-corrected chi connectivity index (χ3v) is 7.66. The number of likely N-dealkylation sites (tertiary alicyclic amines) is 2. The summed E-state index contributed by atoms with van der Waals surface area (Å²) in [5.41, 5.74) is 2.07. The van der Waals surface area contributed by atoms with E-state index in [-0.39, 0.29) is 5.91 Å². The smallest absolute Gasteiger partial charge is 0.254 e. The summed E-state index contributed by atoms with van der Waals surface area (Å²) in [5, 5.41) is 0. The van der Waals surface area contributed by atoms with Crippen LogP contribution in [0.1, 0.15) is 41.6 Å². The first-order valence-corrected chi connectivity index (χ1v) is 13.3. The Hall–Kier alpha value is -2.64. The highest BCUT2D eigenvalue weighted by molar-refractivity contribution is 5.96. The molecular weight excluding hydrogens is 438 g/mol. The van der Waals surface area contributed by atoms with Crippen LogP contribution in [0.15, 0.2) is 42.5 Å². The number of likely N-dealkylation sites (N-methyl/N-ethyl adjacent to an activating group) is 1. The predicted molar refractivity (Wildman–Crippen MR) is 140 cm³/mol. The van der Waals surface area contributed by atoms with E-state index in [1.807, 2.05) is 18.2 Å². The molecule has 188 valence electrons. The standard InChI is InChI=1S/C28H39N5O2/c1-30(15-11-23-8-3-2-4-9-23)26-20-24(21-27(29-26)32-16-18-35-19-17-32)28(34)33-14-7-10-25(33)22-31-12-5-6-13-31/h2-4,8-9,20-21,25H,5-7,10-19,22H2,1H3/t25-/m0/s1. The second-order valence-corrected chi connectivity index (χ2v) is 10.1. The van der Waals surface area contributed by atoms with Crippen molar-refractivity contribution in [1.29, 1.82) is 0 Å². The van der Waals surface area contributed by atoms with E-state index in [0.29, 0.717) is 19.3 Å². The molecule has 3 aliphatic rings. The van der Waals surface area contributed by atoms with Gasteiger partial charge in [-0.15, -0.1) is 0 Å². The van der Waals surface area contributed by atoms with Gasteiger partial charge in [-0.25, -0.2) is 4.98 Å². The Morgan fingerprint density at radius 3 is 2.57 bits per heavy atom. The van der Waals surface area contributed by atoms with Crippen molar-refractivity contribution in [3.8, 4) is 0 Å². The highest BCUT2D eigenvalue weighted by atomic mass is 16.5. The summed E-state index contributed by atoms with van der Waals surface area (Å²) < 4.78 is 5.56. The average Bonchev–Trinajstić information content (AvgIpc) is 3.60. The normalized spacial score (nSPS) is 21.0. The first-order valence-electron chi connectivity index (χ1n) is 13.3. The van der Waals surface area contributed by atoms with E-state index in [1.54, 1.807) is 0 Å². The molecule has 0 N–H and O–H groups in total. The van der Waals surface area contributed by atoms with Crippen LogP contribution < -0.4 is 9.80 Å². The molecule has 3 aliphatic heterocycles. The van der Waals surface area contributed by atoms with Crippen molar-refractivity contribution in [3.63, 3.8) is 0 Å². The number of ether oxygens (including phenoxy) is 1. The number of nitrogens with zero attached hydrogens (tertiary/aromatic N) is 5. The van der Waals surface area contributed by atoms with Gasteiger partial charge in [0.25, 0.3) is 5.91 Å². The van der Waals surface area contributed by atoms with Crippen LogP contribution in [0.5, 0.6) is 0 Å². The minimum absolute atomic E-state index is 0.154. The molecule has 3 fully saturated rings. The number of benzene rings is 1. The molecule has 4 heterocycles. The zero-order valence-electron chi connectivity index (χ0n) is 21.1. The topological polar surface area (TPSA) is 52.2 Å². The van der Waals surface area contributed by atoms with Gasteiger partial charge >= 0.3 is 0 Å². The van der Waals surface area contributed by atoms with Gasteiger partial charge < -0.3 is 24.3 Å². The number of aromatic nitrogens is 1. The summed E-state index contributed by atoms with van der Waals surface area (Å²) in [6.45, 7) is 8.06. The second-order valence-electron chi connectivity index (χ2n) is 10.1.